The van der Waals surface area contributed by atoms with Crippen molar-refractivity contribution >= 4 is 0 Å². The van der Waals surface area contributed by atoms with Crippen LogP contribution in [0.15, 0.2) is 83.0 Å². The van der Waals surface area contributed by atoms with Gasteiger partial charge in [0.15, 0.2) is 11.1 Å². The predicted molar refractivity (Wildman–Crippen MR) is 98.6 cm³/mol. The summed E-state index contributed by atoms with van der Waals surface area (Å²) in [6, 6.07) is 20.7. The maximum Gasteiger partial charge on any atom is 0.232 e. The van der Waals surface area contributed by atoms with E-state index in [0.717, 1.165) is 17.5 Å². The van der Waals surface area contributed by atoms with Gasteiger partial charge in [-0.3, -0.25) is 0 Å². The van der Waals surface area contributed by atoms with Crippen LogP contribution in [0.25, 0.3) is 0 Å². The van der Waals surface area contributed by atoms with Crippen LogP contribution in [0.1, 0.15) is 17.5 Å². The van der Waals surface area contributed by atoms with Gasteiger partial charge in [-0.15, -0.1) is 0 Å². The molecule has 3 aliphatic rings. The highest BCUT2D eigenvalue weighted by Gasteiger charge is 2.83. The lowest BCUT2D eigenvalue weighted by Crippen LogP contribution is -2.58. The Morgan fingerprint density at radius 3 is 1.92 bits per heavy atom. The smallest absolute Gasteiger partial charge is 0.232 e. The molecule has 4 atom stereocenters. The van der Waals surface area contributed by atoms with Gasteiger partial charge in [-0.25, -0.2) is 0 Å². The zero-order chi connectivity index (χ0) is 17.8. The van der Waals surface area contributed by atoms with E-state index in [2.05, 4.69) is 36.4 Å². The molecule has 2 aromatic carbocycles. The van der Waals surface area contributed by atoms with Crippen molar-refractivity contribution in [1.82, 2.24) is 0 Å². The fourth-order valence-electron chi connectivity index (χ4n) is 5.69. The minimum Gasteiger partial charge on any atom is -0.348 e. The highest BCUT2D eigenvalue weighted by atomic mass is 16.7. The number of hydrogen-bond donors (Lipinski definition) is 0. The molecule has 2 bridgehead atoms. The monoisotopic (exact) mass is 346 g/mol. The molecule has 0 aromatic heterocycles. The lowest BCUT2D eigenvalue weighted by atomic mass is 9.75. The molecule has 1 heterocycles. The molecule has 2 aliphatic carbocycles. The van der Waals surface area contributed by atoms with Gasteiger partial charge in [0.05, 0.1) is 0 Å². The number of benzene rings is 2. The Bertz CT molecular complexity index is 876. The van der Waals surface area contributed by atoms with Crippen molar-refractivity contribution in [2.45, 2.75) is 23.3 Å². The fraction of sp³-hybridized carbons (Fsp3) is 0.364. The van der Waals surface area contributed by atoms with Gasteiger partial charge in [-0.05, 0) is 17.5 Å². The van der Waals surface area contributed by atoms with Gasteiger partial charge >= 0.3 is 0 Å². The Labute approximate surface area is 153 Å². The van der Waals surface area contributed by atoms with Crippen LogP contribution in [0.5, 0.6) is 0 Å². The normalized spacial score (nSPS) is 35.8. The first kappa shape index (κ1) is 15.9. The summed E-state index contributed by atoms with van der Waals surface area (Å²) in [5, 5.41) is 9.84. The Balaban J connectivity index is 1.85. The number of methoxy groups -OCH3 is 2. The standard InChI is InChI=1S/C22H22N2O2/c1-25-22(26-2)20(16-10-5-3-6-11-16)18-14-9-15-19(18)21(22,24-23-20)17-12-7-4-8-13-17/h3-14,18-19H,15H2,1-2H3/t18-,19+,20-,21+/m1/s1. The highest BCUT2D eigenvalue weighted by molar-refractivity contribution is 5.48. The first-order valence-corrected chi connectivity index (χ1v) is 9.09. The summed E-state index contributed by atoms with van der Waals surface area (Å²) in [7, 11) is 3.44. The van der Waals surface area contributed by atoms with Gasteiger partial charge in [0.2, 0.25) is 5.79 Å². The van der Waals surface area contributed by atoms with E-state index in [0.29, 0.717) is 0 Å². The van der Waals surface area contributed by atoms with Gasteiger partial charge in [-0.1, -0.05) is 72.8 Å². The van der Waals surface area contributed by atoms with Crippen LogP contribution in [0, 0.1) is 11.8 Å². The fourth-order valence-corrected chi connectivity index (χ4v) is 5.69. The van der Waals surface area contributed by atoms with E-state index < -0.39 is 16.9 Å². The van der Waals surface area contributed by atoms with Crippen molar-refractivity contribution in [3.05, 3.63) is 83.9 Å². The largest absolute Gasteiger partial charge is 0.348 e. The topological polar surface area (TPSA) is 43.2 Å². The molecule has 2 aromatic rings. The molecule has 0 spiro atoms. The minimum atomic E-state index is -0.983. The van der Waals surface area contributed by atoms with Gasteiger partial charge < -0.3 is 9.47 Å². The molecule has 0 amide bonds. The molecule has 1 fully saturated rings. The summed E-state index contributed by atoms with van der Waals surface area (Å²) in [4.78, 5) is 0. The summed E-state index contributed by atoms with van der Waals surface area (Å²) >= 11 is 0. The second-order valence-corrected chi connectivity index (χ2v) is 7.29. The second kappa shape index (κ2) is 5.35. The minimum absolute atomic E-state index is 0.183. The first-order chi connectivity index (χ1) is 12.8. The number of azo groups is 1. The summed E-state index contributed by atoms with van der Waals surface area (Å²) in [5.74, 6) is -0.548. The Morgan fingerprint density at radius 1 is 0.808 bits per heavy atom. The zero-order valence-corrected chi connectivity index (χ0v) is 15.0. The molecule has 0 unspecified atom stereocenters. The van der Waals surface area contributed by atoms with Crippen molar-refractivity contribution in [3.63, 3.8) is 0 Å². The van der Waals surface area contributed by atoms with Crippen LogP contribution in [0.2, 0.25) is 0 Å². The van der Waals surface area contributed by atoms with E-state index in [9.17, 15) is 0 Å². The molecule has 0 saturated heterocycles. The molecule has 5 rings (SSSR count). The SMILES string of the molecule is COC1(OC)[C@]2(c3ccccc3)N=N[C@@]1(c1ccccc1)[C@H]1CC=C[C@H]12. The van der Waals surface area contributed by atoms with Crippen LogP contribution >= 0.6 is 0 Å². The molecule has 26 heavy (non-hydrogen) atoms. The number of rotatable bonds is 4. The van der Waals surface area contributed by atoms with Gasteiger partial charge in [0.25, 0.3) is 0 Å². The van der Waals surface area contributed by atoms with Crippen molar-refractivity contribution in [1.29, 1.82) is 0 Å². The summed E-state index contributed by atoms with van der Waals surface area (Å²) in [6.45, 7) is 0. The Hall–Kier alpha value is -2.30. The van der Waals surface area contributed by atoms with E-state index in [1.165, 1.54) is 0 Å². The van der Waals surface area contributed by atoms with Gasteiger partial charge in [-0.2, -0.15) is 10.2 Å². The molecule has 4 heteroatoms. The quantitative estimate of drug-likeness (QED) is 0.607. The van der Waals surface area contributed by atoms with Crippen molar-refractivity contribution in [2.24, 2.45) is 22.1 Å². The number of nitrogens with zero attached hydrogens (tertiary/aromatic N) is 2. The maximum atomic E-state index is 6.24. The van der Waals surface area contributed by atoms with Crippen LogP contribution < -0.4 is 0 Å². The summed E-state index contributed by atoms with van der Waals surface area (Å²) < 4.78 is 12.5. The zero-order valence-electron chi connectivity index (χ0n) is 15.0. The van der Waals surface area contributed by atoms with E-state index in [1.54, 1.807) is 14.2 Å². The molecule has 0 radical (unpaired) electrons. The number of hydrogen-bond acceptors (Lipinski definition) is 4. The number of fused-ring (bicyclic) bond motifs is 5. The van der Waals surface area contributed by atoms with Crippen molar-refractivity contribution in [2.75, 3.05) is 14.2 Å². The van der Waals surface area contributed by atoms with E-state index in [1.807, 2.05) is 36.4 Å². The van der Waals surface area contributed by atoms with Gasteiger partial charge in [0, 0.05) is 26.1 Å². The third-order valence-electron chi connectivity index (χ3n) is 6.56. The predicted octanol–water partition coefficient (Wildman–Crippen LogP) is 4.44. The van der Waals surface area contributed by atoms with Crippen molar-refractivity contribution < 1.29 is 9.47 Å². The average Bonchev–Trinajstić information content (AvgIpc) is 3.36. The van der Waals surface area contributed by atoms with Crippen LogP contribution in [-0.4, -0.2) is 20.0 Å². The Morgan fingerprint density at radius 2 is 1.35 bits per heavy atom. The molecule has 1 saturated carbocycles. The molecule has 4 nitrogen and oxygen atoms in total. The maximum absolute atomic E-state index is 6.24. The third-order valence-corrected chi connectivity index (χ3v) is 6.56. The number of ether oxygens (including phenoxy) is 2. The number of allylic oxidation sites excluding steroid dienone is 1. The molecular weight excluding hydrogens is 324 g/mol. The van der Waals surface area contributed by atoms with E-state index in [-0.39, 0.29) is 11.8 Å². The molecule has 1 aliphatic heterocycles. The van der Waals surface area contributed by atoms with Crippen LogP contribution in [-0.2, 0) is 20.6 Å². The first-order valence-electron chi connectivity index (χ1n) is 9.09. The summed E-state index contributed by atoms with van der Waals surface area (Å²) in [6.07, 6.45) is 5.49. The highest BCUT2D eigenvalue weighted by Crippen LogP contribution is 2.73. The lowest BCUT2D eigenvalue weighted by molar-refractivity contribution is -0.262. The van der Waals surface area contributed by atoms with Crippen LogP contribution in [0.3, 0.4) is 0 Å². The molecular formula is C22H22N2O2. The average molecular weight is 346 g/mol. The second-order valence-electron chi connectivity index (χ2n) is 7.29. The summed E-state index contributed by atoms with van der Waals surface area (Å²) in [5.41, 5.74) is 0.832. The third kappa shape index (κ3) is 1.50. The Kier molecular flexibility index (Phi) is 3.27. The lowest BCUT2D eigenvalue weighted by Gasteiger charge is -2.43. The van der Waals surface area contributed by atoms with Crippen LogP contribution in [0.4, 0.5) is 0 Å². The molecule has 132 valence electrons. The van der Waals surface area contributed by atoms with E-state index in [4.69, 9.17) is 19.7 Å². The van der Waals surface area contributed by atoms with E-state index >= 15 is 0 Å². The van der Waals surface area contributed by atoms with Gasteiger partial charge in [0.1, 0.15) is 0 Å². The van der Waals surface area contributed by atoms with Crippen molar-refractivity contribution in [3.8, 4) is 0 Å². The molecule has 0 N–H and O–H groups in total.